The number of nitrogens with zero attached hydrogens (tertiary/aromatic N) is 2. The van der Waals surface area contributed by atoms with Gasteiger partial charge < -0.3 is 9.32 Å². The number of rotatable bonds is 1. The first kappa shape index (κ1) is 8.78. The van der Waals surface area contributed by atoms with E-state index < -0.39 is 0 Å². The van der Waals surface area contributed by atoms with E-state index in [1.54, 1.807) is 24.1 Å². The van der Waals surface area contributed by atoms with Crippen LogP contribution in [0.3, 0.4) is 0 Å². The number of amides is 1. The number of carbonyl (C=O) groups is 1. The second-order valence-corrected chi connectivity index (χ2v) is 3.10. The minimum atomic E-state index is -0.246. The highest BCUT2D eigenvalue weighted by atomic mass is 16.3. The van der Waals surface area contributed by atoms with Crippen molar-refractivity contribution >= 4 is 5.91 Å². The van der Waals surface area contributed by atoms with Crippen molar-refractivity contribution in [1.82, 2.24) is 10.2 Å². The van der Waals surface area contributed by atoms with E-state index in [9.17, 15) is 4.79 Å². The Hall–Kier alpha value is -1.80. The topological polar surface area (TPSA) is 69.3 Å². The number of hydrogen-bond donors (Lipinski definition) is 1. The zero-order chi connectivity index (χ0) is 10.1. The van der Waals surface area contributed by atoms with Gasteiger partial charge in [0.15, 0.2) is 0 Å². The summed E-state index contributed by atoms with van der Waals surface area (Å²) in [5.74, 6) is 0.870. The van der Waals surface area contributed by atoms with Crippen molar-refractivity contribution in [3.05, 3.63) is 23.7 Å². The van der Waals surface area contributed by atoms with E-state index in [1.165, 1.54) is 0 Å². The zero-order valence-electron chi connectivity index (χ0n) is 7.65. The second-order valence-electron chi connectivity index (χ2n) is 3.10. The van der Waals surface area contributed by atoms with E-state index in [0.29, 0.717) is 12.3 Å². The first-order valence-electron chi connectivity index (χ1n) is 4.21. The molecule has 72 valence electrons. The van der Waals surface area contributed by atoms with E-state index in [1.807, 2.05) is 6.07 Å². The van der Waals surface area contributed by atoms with E-state index in [4.69, 9.17) is 9.68 Å². The number of hydrogen-bond acceptors (Lipinski definition) is 4. The summed E-state index contributed by atoms with van der Waals surface area (Å²) in [6, 6.07) is 5.19. The molecule has 0 saturated carbocycles. The summed E-state index contributed by atoms with van der Waals surface area (Å²) >= 11 is 0. The van der Waals surface area contributed by atoms with Crippen LogP contribution in [0.25, 0.3) is 0 Å². The minimum absolute atomic E-state index is 0.0184. The van der Waals surface area contributed by atoms with Crippen molar-refractivity contribution in [2.45, 2.75) is 6.17 Å². The molecule has 5 nitrogen and oxygen atoms in total. The fourth-order valence-corrected chi connectivity index (χ4v) is 1.44. The Morgan fingerprint density at radius 2 is 2.50 bits per heavy atom. The highest BCUT2D eigenvalue weighted by molar-refractivity contribution is 5.80. The molecule has 1 saturated heterocycles. The molecule has 0 aliphatic carbocycles. The molecule has 1 unspecified atom stereocenters. The summed E-state index contributed by atoms with van der Waals surface area (Å²) in [5, 5.41) is 11.5. The number of likely N-dealkylation sites (N-methyl/N-ethyl adjacent to an activating group) is 1. The van der Waals surface area contributed by atoms with Gasteiger partial charge in [-0.3, -0.25) is 10.1 Å². The largest absolute Gasteiger partial charge is 0.447 e. The minimum Gasteiger partial charge on any atom is -0.447 e. The van der Waals surface area contributed by atoms with Gasteiger partial charge in [0.1, 0.15) is 18.0 Å². The highest BCUT2D eigenvalue weighted by Crippen LogP contribution is 2.22. The van der Waals surface area contributed by atoms with Gasteiger partial charge in [-0.15, -0.1) is 0 Å². The Labute approximate surface area is 80.9 Å². The summed E-state index contributed by atoms with van der Waals surface area (Å²) in [6.07, 6.45) is -0.246. The Morgan fingerprint density at radius 3 is 3.00 bits per heavy atom. The smallest absolute Gasteiger partial charge is 0.237 e. The molecule has 0 bridgehead atoms. The van der Waals surface area contributed by atoms with Crippen LogP contribution in [-0.2, 0) is 4.79 Å². The van der Waals surface area contributed by atoms with E-state index in [2.05, 4.69) is 5.32 Å². The van der Waals surface area contributed by atoms with E-state index in [0.717, 1.165) is 0 Å². The lowest BCUT2D eigenvalue weighted by atomic mass is 10.3. The van der Waals surface area contributed by atoms with Gasteiger partial charge in [-0.2, -0.15) is 5.26 Å². The molecule has 5 heteroatoms. The molecule has 2 rings (SSSR count). The van der Waals surface area contributed by atoms with Crippen LogP contribution in [0.4, 0.5) is 0 Å². The van der Waals surface area contributed by atoms with Crippen LogP contribution in [-0.4, -0.2) is 24.4 Å². The third-order valence-corrected chi connectivity index (χ3v) is 2.23. The highest BCUT2D eigenvalue weighted by Gasteiger charge is 2.30. The van der Waals surface area contributed by atoms with Crippen LogP contribution in [0.15, 0.2) is 16.5 Å². The Kier molecular flexibility index (Phi) is 1.98. The summed E-state index contributed by atoms with van der Waals surface area (Å²) in [6.45, 7) is 0.309. The Balaban J connectivity index is 2.24. The van der Waals surface area contributed by atoms with Crippen LogP contribution < -0.4 is 5.32 Å². The van der Waals surface area contributed by atoms with Gasteiger partial charge in [-0.25, -0.2) is 0 Å². The predicted molar refractivity (Wildman–Crippen MR) is 46.9 cm³/mol. The van der Waals surface area contributed by atoms with Gasteiger partial charge in [-0.05, 0) is 12.1 Å². The first-order chi connectivity index (χ1) is 6.72. The zero-order valence-corrected chi connectivity index (χ0v) is 7.65. The van der Waals surface area contributed by atoms with Gasteiger partial charge in [0.05, 0.1) is 6.54 Å². The first-order valence-corrected chi connectivity index (χ1v) is 4.21. The molecule has 1 atom stereocenters. The summed E-state index contributed by atoms with van der Waals surface area (Å²) in [4.78, 5) is 12.7. The maximum atomic E-state index is 11.2. The lowest BCUT2D eigenvalue weighted by Gasteiger charge is -2.16. The number of nitriles is 1. The third-order valence-electron chi connectivity index (χ3n) is 2.23. The maximum Gasteiger partial charge on any atom is 0.237 e. The number of nitrogens with one attached hydrogen (secondary N) is 1. The van der Waals surface area contributed by atoms with E-state index in [-0.39, 0.29) is 17.8 Å². The molecule has 1 aromatic rings. The van der Waals surface area contributed by atoms with E-state index >= 15 is 0 Å². The molecule has 1 N–H and O–H groups in total. The maximum absolute atomic E-state index is 11.2. The second kappa shape index (κ2) is 3.16. The lowest BCUT2D eigenvalue weighted by Crippen LogP contribution is -2.25. The molecule has 0 radical (unpaired) electrons. The summed E-state index contributed by atoms with van der Waals surface area (Å²) < 4.78 is 5.22. The fraction of sp³-hybridized carbons (Fsp3) is 0.333. The SMILES string of the molecule is CN1C(=O)CNC1c1ccc(C#N)o1. The Morgan fingerprint density at radius 1 is 1.71 bits per heavy atom. The average Bonchev–Trinajstić information content (AvgIpc) is 2.75. The van der Waals surface area contributed by atoms with Crippen molar-refractivity contribution in [2.75, 3.05) is 13.6 Å². The quantitative estimate of drug-likeness (QED) is 0.689. The molecular formula is C9H9N3O2. The monoisotopic (exact) mass is 191 g/mol. The molecule has 1 aromatic heterocycles. The standard InChI is InChI=1S/C9H9N3O2/c1-12-8(13)5-11-9(12)7-3-2-6(4-10)14-7/h2-3,9,11H,5H2,1H3. The van der Waals surface area contributed by atoms with Crippen molar-refractivity contribution < 1.29 is 9.21 Å². The van der Waals surface area contributed by atoms with Crippen molar-refractivity contribution in [1.29, 1.82) is 5.26 Å². The van der Waals surface area contributed by atoms with Gasteiger partial charge in [0.2, 0.25) is 11.7 Å². The Bertz CT molecular complexity index is 404. The number of furan rings is 1. The molecule has 0 spiro atoms. The summed E-state index contributed by atoms with van der Waals surface area (Å²) in [5.41, 5.74) is 0. The molecule has 1 amide bonds. The molecule has 1 aliphatic rings. The van der Waals surface area contributed by atoms with Crippen LogP contribution >= 0.6 is 0 Å². The third kappa shape index (κ3) is 1.26. The predicted octanol–water partition coefficient (Wildman–Crippen LogP) is 0.211. The fourth-order valence-electron chi connectivity index (χ4n) is 1.44. The van der Waals surface area contributed by atoms with Gasteiger partial charge in [0, 0.05) is 7.05 Å². The molecule has 1 aliphatic heterocycles. The van der Waals surface area contributed by atoms with Gasteiger partial charge in [0.25, 0.3) is 0 Å². The average molecular weight is 191 g/mol. The normalized spacial score (nSPS) is 21.3. The van der Waals surface area contributed by atoms with Crippen LogP contribution in [0.2, 0.25) is 0 Å². The molecule has 1 fully saturated rings. The van der Waals surface area contributed by atoms with Crippen molar-refractivity contribution in [3.8, 4) is 6.07 Å². The van der Waals surface area contributed by atoms with Gasteiger partial charge >= 0.3 is 0 Å². The van der Waals surface area contributed by atoms with Crippen LogP contribution in [0.1, 0.15) is 17.7 Å². The van der Waals surface area contributed by atoms with Crippen LogP contribution in [0, 0.1) is 11.3 Å². The lowest BCUT2D eigenvalue weighted by molar-refractivity contribution is -0.126. The van der Waals surface area contributed by atoms with Crippen LogP contribution in [0.5, 0.6) is 0 Å². The molecular weight excluding hydrogens is 182 g/mol. The van der Waals surface area contributed by atoms with Gasteiger partial charge in [-0.1, -0.05) is 0 Å². The molecule has 0 aromatic carbocycles. The molecule has 2 heterocycles. The van der Waals surface area contributed by atoms with Crippen molar-refractivity contribution in [2.24, 2.45) is 0 Å². The molecule has 14 heavy (non-hydrogen) atoms. The summed E-state index contributed by atoms with van der Waals surface area (Å²) in [7, 11) is 1.70. The van der Waals surface area contributed by atoms with Crippen molar-refractivity contribution in [3.63, 3.8) is 0 Å². The number of carbonyl (C=O) groups excluding carboxylic acids is 1.